The van der Waals surface area contributed by atoms with Crippen LogP contribution in [0.3, 0.4) is 0 Å². The molecule has 0 spiro atoms. The van der Waals surface area contributed by atoms with Crippen LogP contribution < -0.4 is 10.6 Å². The van der Waals surface area contributed by atoms with Crippen molar-refractivity contribution in [1.82, 2.24) is 15.5 Å². The van der Waals surface area contributed by atoms with Crippen molar-refractivity contribution < 1.29 is 19.4 Å². The Morgan fingerprint density at radius 1 is 1.67 bits per heavy atom. The molecule has 3 amide bonds. The number of hydrogen-bond donors (Lipinski definition) is 3. The Labute approximate surface area is 105 Å². The molecule has 0 saturated carbocycles. The van der Waals surface area contributed by atoms with Crippen LogP contribution >= 0.6 is 0 Å². The lowest BCUT2D eigenvalue weighted by atomic mass is 10.2. The maximum absolute atomic E-state index is 11.8. The standard InChI is InChI=1S/C11H17N3O4/c1-7(16)12-9-4-5-14(11(17)13-9)10-3-2-8(6-15)18-10/h4-5,8-10,15H,2-3,6H2,1H3,(H,12,16)(H,13,17)/t8-,9?,10?/m0/s1. The van der Waals surface area contributed by atoms with Gasteiger partial charge in [-0.3, -0.25) is 9.69 Å². The topological polar surface area (TPSA) is 90.9 Å². The number of hydrogen-bond acceptors (Lipinski definition) is 4. The third-order valence-electron chi connectivity index (χ3n) is 2.91. The average molecular weight is 255 g/mol. The highest BCUT2D eigenvalue weighted by atomic mass is 16.5. The third kappa shape index (κ3) is 2.80. The summed E-state index contributed by atoms with van der Waals surface area (Å²) in [6.45, 7) is 1.35. The maximum atomic E-state index is 11.8. The van der Waals surface area contributed by atoms with E-state index < -0.39 is 6.17 Å². The summed E-state index contributed by atoms with van der Waals surface area (Å²) in [5.41, 5.74) is 0. The fourth-order valence-corrected chi connectivity index (χ4v) is 2.06. The molecule has 0 radical (unpaired) electrons. The number of aliphatic hydroxyl groups excluding tert-OH is 1. The van der Waals surface area contributed by atoms with E-state index in [-0.39, 0.29) is 30.9 Å². The summed E-state index contributed by atoms with van der Waals surface area (Å²) in [5, 5.41) is 14.2. The molecule has 0 aromatic heterocycles. The van der Waals surface area contributed by atoms with Gasteiger partial charge in [0.05, 0.1) is 12.7 Å². The van der Waals surface area contributed by atoms with E-state index in [1.807, 2.05) is 0 Å². The van der Waals surface area contributed by atoms with Crippen molar-refractivity contribution in [2.75, 3.05) is 6.61 Å². The third-order valence-corrected chi connectivity index (χ3v) is 2.91. The minimum Gasteiger partial charge on any atom is -0.394 e. The van der Waals surface area contributed by atoms with E-state index in [1.165, 1.54) is 11.8 Å². The van der Waals surface area contributed by atoms with E-state index in [0.717, 1.165) is 6.42 Å². The molecule has 0 aromatic rings. The lowest BCUT2D eigenvalue weighted by Crippen LogP contribution is -2.55. The van der Waals surface area contributed by atoms with Crippen molar-refractivity contribution in [2.45, 2.75) is 38.3 Å². The van der Waals surface area contributed by atoms with Gasteiger partial charge < -0.3 is 20.5 Å². The first-order chi connectivity index (χ1) is 8.60. The van der Waals surface area contributed by atoms with Crippen LogP contribution in [-0.2, 0) is 9.53 Å². The van der Waals surface area contributed by atoms with Crippen LogP contribution in [0, 0.1) is 0 Å². The number of carbonyl (C=O) groups excluding carboxylic acids is 2. The van der Waals surface area contributed by atoms with Crippen LogP contribution in [0.25, 0.3) is 0 Å². The Morgan fingerprint density at radius 3 is 3.00 bits per heavy atom. The molecule has 2 aliphatic rings. The second kappa shape index (κ2) is 5.36. The molecule has 3 atom stereocenters. The van der Waals surface area contributed by atoms with E-state index in [4.69, 9.17) is 9.84 Å². The summed E-state index contributed by atoms with van der Waals surface area (Å²) >= 11 is 0. The Bertz CT molecular complexity index is 371. The van der Waals surface area contributed by atoms with Crippen molar-refractivity contribution in [1.29, 1.82) is 0 Å². The van der Waals surface area contributed by atoms with Crippen molar-refractivity contribution in [3.8, 4) is 0 Å². The SMILES string of the molecule is CC(=O)NC1C=CN(C2CC[C@@H](CO)O2)C(=O)N1. The number of ether oxygens (including phenoxy) is 1. The maximum Gasteiger partial charge on any atom is 0.325 e. The predicted octanol–water partition coefficient (Wildman–Crippen LogP) is -0.515. The lowest BCUT2D eigenvalue weighted by molar-refractivity contribution is -0.119. The molecule has 2 heterocycles. The molecule has 7 heteroatoms. The fourth-order valence-electron chi connectivity index (χ4n) is 2.06. The molecule has 1 fully saturated rings. The second-order valence-corrected chi connectivity index (χ2v) is 4.35. The smallest absolute Gasteiger partial charge is 0.325 e. The van der Waals surface area contributed by atoms with Gasteiger partial charge in [-0.15, -0.1) is 0 Å². The zero-order chi connectivity index (χ0) is 13.1. The first-order valence-corrected chi connectivity index (χ1v) is 5.90. The Hall–Kier alpha value is -1.60. The van der Waals surface area contributed by atoms with E-state index in [2.05, 4.69) is 10.6 Å². The van der Waals surface area contributed by atoms with Gasteiger partial charge in [-0.25, -0.2) is 4.79 Å². The molecule has 7 nitrogen and oxygen atoms in total. The Morgan fingerprint density at radius 2 is 2.44 bits per heavy atom. The molecule has 2 aliphatic heterocycles. The normalized spacial score (nSPS) is 31.3. The molecule has 0 aliphatic carbocycles. The molecule has 2 unspecified atom stereocenters. The highest BCUT2D eigenvalue weighted by Crippen LogP contribution is 2.23. The molecule has 18 heavy (non-hydrogen) atoms. The molecule has 0 aromatic carbocycles. The van der Waals surface area contributed by atoms with Crippen LogP contribution in [0.15, 0.2) is 12.3 Å². The van der Waals surface area contributed by atoms with Gasteiger partial charge >= 0.3 is 6.03 Å². The highest BCUT2D eigenvalue weighted by Gasteiger charge is 2.33. The molecule has 2 rings (SSSR count). The van der Waals surface area contributed by atoms with Crippen LogP contribution in [-0.4, -0.2) is 47.0 Å². The van der Waals surface area contributed by atoms with Crippen molar-refractivity contribution in [3.05, 3.63) is 12.3 Å². The summed E-state index contributed by atoms with van der Waals surface area (Å²) in [5.74, 6) is -0.212. The van der Waals surface area contributed by atoms with E-state index in [0.29, 0.717) is 6.42 Å². The van der Waals surface area contributed by atoms with Gasteiger partial charge in [0.2, 0.25) is 5.91 Å². The van der Waals surface area contributed by atoms with Gasteiger partial charge in [-0.2, -0.15) is 0 Å². The van der Waals surface area contributed by atoms with Crippen molar-refractivity contribution in [2.24, 2.45) is 0 Å². The van der Waals surface area contributed by atoms with Crippen molar-refractivity contribution >= 4 is 11.9 Å². The number of urea groups is 1. The summed E-state index contributed by atoms with van der Waals surface area (Å²) in [7, 11) is 0. The quantitative estimate of drug-likeness (QED) is 0.633. The molecule has 3 N–H and O–H groups in total. The highest BCUT2D eigenvalue weighted by molar-refractivity contribution is 5.79. The fraction of sp³-hybridized carbons (Fsp3) is 0.636. The lowest BCUT2D eigenvalue weighted by Gasteiger charge is -2.31. The average Bonchev–Trinajstić information content (AvgIpc) is 2.76. The molecule has 1 saturated heterocycles. The first kappa shape index (κ1) is 12.8. The number of nitrogens with zero attached hydrogens (tertiary/aromatic N) is 1. The van der Waals surface area contributed by atoms with Gasteiger partial charge in [0.25, 0.3) is 0 Å². The van der Waals surface area contributed by atoms with Gasteiger partial charge in [-0.05, 0) is 18.9 Å². The number of carbonyl (C=O) groups is 2. The minimum absolute atomic E-state index is 0.0375. The molecule has 100 valence electrons. The van der Waals surface area contributed by atoms with Gasteiger partial charge in [0, 0.05) is 13.1 Å². The summed E-state index contributed by atoms with van der Waals surface area (Å²) in [6, 6.07) is -0.320. The van der Waals surface area contributed by atoms with E-state index >= 15 is 0 Å². The summed E-state index contributed by atoms with van der Waals surface area (Å²) < 4.78 is 5.51. The molecule has 0 bridgehead atoms. The van der Waals surface area contributed by atoms with Crippen LogP contribution in [0.1, 0.15) is 19.8 Å². The van der Waals surface area contributed by atoms with Gasteiger partial charge in [-0.1, -0.05) is 0 Å². The largest absolute Gasteiger partial charge is 0.394 e. The predicted molar refractivity (Wildman–Crippen MR) is 62.1 cm³/mol. The van der Waals surface area contributed by atoms with Crippen molar-refractivity contribution in [3.63, 3.8) is 0 Å². The zero-order valence-electron chi connectivity index (χ0n) is 10.1. The van der Waals surface area contributed by atoms with Gasteiger partial charge in [0.1, 0.15) is 12.4 Å². The Balaban J connectivity index is 1.95. The van der Waals surface area contributed by atoms with Crippen LogP contribution in [0.4, 0.5) is 4.79 Å². The number of aliphatic hydroxyl groups is 1. The monoisotopic (exact) mass is 255 g/mol. The zero-order valence-corrected chi connectivity index (χ0v) is 10.1. The van der Waals surface area contributed by atoms with Crippen LogP contribution in [0.2, 0.25) is 0 Å². The van der Waals surface area contributed by atoms with Gasteiger partial charge in [0.15, 0.2) is 0 Å². The summed E-state index contributed by atoms with van der Waals surface area (Å²) in [4.78, 5) is 24.2. The second-order valence-electron chi connectivity index (χ2n) is 4.35. The number of nitrogens with one attached hydrogen (secondary N) is 2. The number of rotatable bonds is 3. The Kier molecular flexibility index (Phi) is 3.83. The number of amides is 3. The summed E-state index contributed by atoms with van der Waals surface area (Å²) in [6.07, 6.45) is 3.66. The first-order valence-electron chi connectivity index (χ1n) is 5.90. The van der Waals surface area contributed by atoms with E-state index in [1.54, 1.807) is 12.3 Å². The van der Waals surface area contributed by atoms with E-state index in [9.17, 15) is 9.59 Å². The minimum atomic E-state index is -0.485. The van der Waals surface area contributed by atoms with Crippen LogP contribution in [0.5, 0.6) is 0 Å². The molecular formula is C11H17N3O4. The molecular weight excluding hydrogens is 238 g/mol.